The maximum Gasteiger partial charge on any atom is 0.0144 e. The SMILES string of the molecule is NC[C@H]1CC=C(Cl)C1. The molecule has 0 heterocycles. The Labute approximate surface area is 54.5 Å². The molecule has 2 N–H and O–H groups in total. The molecule has 0 fully saturated rings. The molecule has 46 valence electrons. The molecule has 1 aliphatic rings. The van der Waals surface area contributed by atoms with Gasteiger partial charge in [-0.15, -0.1) is 0 Å². The molecule has 0 spiro atoms. The molecule has 0 bridgehead atoms. The summed E-state index contributed by atoms with van der Waals surface area (Å²) in [6.07, 6.45) is 4.13. The van der Waals surface area contributed by atoms with E-state index < -0.39 is 0 Å². The molecule has 0 aromatic rings. The Morgan fingerprint density at radius 3 is 2.88 bits per heavy atom. The summed E-state index contributed by atoms with van der Waals surface area (Å²) in [4.78, 5) is 0. The molecular formula is C6H10ClN. The van der Waals surface area contributed by atoms with Crippen molar-refractivity contribution >= 4 is 11.6 Å². The van der Waals surface area contributed by atoms with Crippen LogP contribution in [0.15, 0.2) is 11.1 Å². The predicted molar refractivity (Wildman–Crippen MR) is 35.7 cm³/mol. The van der Waals surface area contributed by atoms with Crippen LogP contribution in [0.3, 0.4) is 0 Å². The summed E-state index contributed by atoms with van der Waals surface area (Å²) < 4.78 is 0. The van der Waals surface area contributed by atoms with Crippen LogP contribution in [0.2, 0.25) is 0 Å². The highest BCUT2D eigenvalue weighted by Crippen LogP contribution is 2.25. The number of halogens is 1. The Morgan fingerprint density at radius 2 is 2.62 bits per heavy atom. The third kappa shape index (κ3) is 1.23. The van der Waals surface area contributed by atoms with Gasteiger partial charge in [-0.05, 0) is 25.3 Å². The topological polar surface area (TPSA) is 26.0 Å². The molecule has 2 heteroatoms. The summed E-state index contributed by atoms with van der Waals surface area (Å²) >= 11 is 5.69. The average molecular weight is 132 g/mol. The van der Waals surface area contributed by atoms with E-state index in [9.17, 15) is 0 Å². The van der Waals surface area contributed by atoms with E-state index in [1.807, 2.05) is 0 Å². The third-order valence-electron chi connectivity index (χ3n) is 1.49. The van der Waals surface area contributed by atoms with Crippen LogP contribution >= 0.6 is 11.6 Å². The van der Waals surface area contributed by atoms with E-state index in [0.29, 0.717) is 5.92 Å². The molecule has 8 heavy (non-hydrogen) atoms. The molecule has 0 aromatic carbocycles. The average Bonchev–Trinajstić information content (AvgIpc) is 2.14. The van der Waals surface area contributed by atoms with Gasteiger partial charge in [0, 0.05) is 5.03 Å². The lowest BCUT2D eigenvalue weighted by Crippen LogP contribution is -2.10. The first-order chi connectivity index (χ1) is 3.83. The number of rotatable bonds is 1. The van der Waals surface area contributed by atoms with Gasteiger partial charge in [0.1, 0.15) is 0 Å². The van der Waals surface area contributed by atoms with Gasteiger partial charge in [-0.1, -0.05) is 17.7 Å². The van der Waals surface area contributed by atoms with Gasteiger partial charge in [0.25, 0.3) is 0 Å². The van der Waals surface area contributed by atoms with E-state index in [1.165, 1.54) is 0 Å². The van der Waals surface area contributed by atoms with Crippen molar-refractivity contribution in [2.24, 2.45) is 11.7 Å². The van der Waals surface area contributed by atoms with Crippen molar-refractivity contribution < 1.29 is 0 Å². The molecule has 0 radical (unpaired) electrons. The molecule has 0 saturated carbocycles. The normalized spacial score (nSPS) is 28.2. The summed E-state index contributed by atoms with van der Waals surface area (Å²) in [5, 5.41) is 0.987. The summed E-state index contributed by atoms with van der Waals surface area (Å²) in [5.74, 6) is 0.627. The highest BCUT2D eigenvalue weighted by Gasteiger charge is 2.12. The van der Waals surface area contributed by atoms with Gasteiger partial charge < -0.3 is 5.73 Å². The molecule has 0 aromatic heterocycles. The lowest BCUT2D eigenvalue weighted by Gasteiger charge is -2.01. The van der Waals surface area contributed by atoms with Gasteiger partial charge in [0.2, 0.25) is 0 Å². The zero-order valence-electron chi connectivity index (χ0n) is 4.73. The number of allylic oxidation sites excluding steroid dienone is 2. The van der Waals surface area contributed by atoms with Crippen molar-refractivity contribution in [2.45, 2.75) is 12.8 Å². The van der Waals surface area contributed by atoms with Crippen LogP contribution in [0.4, 0.5) is 0 Å². The smallest absolute Gasteiger partial charge is 0.0144 e. The van der Waals surface area contributed by atoms with Crippen LogP contribution in [-0.2, 0) is 0 Å². The van der Waals surface area contributed by atoms with E-state index in [1.54, 1.807) is 0 Å². The van der Waals surface area contributed by atoms with E-state index in [0.717, 1.165) is 24.4 Å². The van der Waals surface area contributed by atoms with Crippen LogP contribution in [0.5, 0.6) is 0 Å². The van der Waals surface area contributed by atoms with E-state index >= 15 is 0 Å². The monoisotopic (exact) mass is 131 g/mol. The molecule has 1 atom stereocenters. The van der Waals surface area contributed by atoms with Crippen LogP contribution in [0.25, 0.3) is 0 Å². The second kappa shape index (κ2) is 2.51. The van der Waals surface area contributed by atoms with Gasteiger partial charge in [0.15, 0.2) is 0 Å². The lowest BCUT2D eigenvalue weighted by molar-refractivity contribution is 0.581. The Balaban J connectivity index is 2.32. The summed E-state index contributed by atoms with van der Waals surface area (Å²) in [7, 11) is 0. The number of hydrogen-bond donors (Lipinski definition) is 1. The maximum absolute atomic E-state index is 5.69. The van der Waals surface area contributed by atoms with E-state index in [2.05, 4.69) is 6.08 Å². The molecule has 0 saturated heterocycles. The number of nitrogens with two attached hydrogens (primary N) is 1. The molecular weight excluding hydrogens is 122 g/mol. The fourth-order valence-electron chi connectivity index (χ4n) is 0.917. The zero-order valence-corrected chi connectivity index (χ0v) is 5.49. The molecule has 1 nitrogen and oxygen atoms in total. The molecule has 1 rings (SSSR count). The molecule has 1 aliphatic carbocycles. The van der Waals surface area contributed by atoms with Gasteiger partial charge in [-0.3, -0.25) is 0 Å². The number of hydrogen-bond acceptors (Lipinski definition) is 1. The Hall–Kier alpha value is -0.0100. The first-order valence-electron chi connectivity index (χ1n) is 2.87. The standard InChI is InChI=1S/C6H10ClN/c7-6-2-1-5(3-6)4-8/h2,5H,1,3-4,8H2/t5-/m0/s1. The van der Waals surface area contributed by atoms with Gasteiger partial charge in [0.05, 0.1) is 0 Å². The lowest BCUT2D eigenvalue weighted by atomic mass is 10.1. The Kier molecular flexibility index (Phi) is 1.92. The van der Waals surface area contributed by atoms with Crippen molar-refractivity contribution in [3.8, 4) is 0 Å². The largest absolute Gasteiger partial charge is 0.330 e. The fourth-order valence-corrected chi connectivity index (χ4v) is 1.22. The second-order valence-electron chi connectivity index (χ2n) is 2.19. The highest BCUT2D eigenvalue weighted by atomic mass is 35.5. The van der Waals surface area contributed by atoms with Gasteiger partial charge >= 0.3 is 0 Å². The van der Waals surface area contributed by atoms with Crippen LogP contribution in [0, 0.1) is 5.92 Å². The first-order valence-corrected chi connectivity index (χ1v) is 3.25. The van der Waals surface area contributed by atoms with Crippen LogP contribution < -0.4 is 5.73 Å². The fraction of sp³-hybridized carbons (Fsp3) is 0.667. The van der Waals surface area contributed by atoms with Gasteiger partial charge in [-0.25, -0.2) is 0 Å². The Morgan fingerprint density at radius 1 is 1.88 bits per heavy atom. The Bertz CT molecular complexity index is 109. The minimum atomic E-state index is 0.627. The van der Waals surface area contributed by atoms with Crippen LogP contribution in [-0.4, -0.2) is 6.54 Å². The first kappa shape index (κ1) is 6.12. The maximum atomic E-state index is 5.69. The van der Waals surface area contributed by atoms with Crippen molar-refractivity contribution in [1.82, 2.24) is 0 Å². The molecule has 0 amide bonds. The molecule has 0 unspecified atom stereocenters. The van der Waals surface area contributed by atoms with Crippen LogP contribution in [0.1, 0.15) is 12.8 Å². The van der Waals surface area contributed by atoms with Crippen molar-refractivity contribution in [2.75, 3.05) is 6.54 Å². The van der Waals surface area contributed by atoms with Gasteiger partial charge in [-0.2, -0.15) is 0 Å². The third-order valence-corrected chi connectivity index (χ3v) is 1.80. The second-order valence-corrected chi connectivity index (χ2v) is 2.68. The predicted octanol–water partition coefficient (Wildman–Crippen LogP) is 1.48. The van der Waals surface area contributed by atoms with Crippen molar-refractivity contribution in [1.29, 1.82) is 0 Å². The highest BCUT2D eigenvalue weighted by molar-refractivity contribution is 6.29. The van der Waals surface area contributed by atoms with E-state index in [-0.39, 0.29) is 0 Å². The summed E-state index contributed by atoms with van der Waals surface area (Å²) in [5.41, 5.74) is 5.40. The van der Waals surface area contributed by atoms with E-state index in [4.69, 9.17) is 17.3 Å². The summed E-state index contributed by atoms with van der Waals surface area (Å²) in [6, 6.07) is 0. The quantitative estimate of drug-likeness (QED) is 0.573. The summed E-state index contributed by atoms with van der Waals surface area (Å²) in [6.45, 7) is 0.771. The molecule has 0 aliphatic heterocycles. The van der Waals surface area contributed by atoms with Crippen molar-refractivity contribution in [3.05, 3.63) is 11.1 Å². The van der Waals surface area contributed by atoms with Crippen molar-refractivity contribution in [3.63, 3.8) is 0 Å². The minimum Gasteiger partial charge on any atom is -0.330 e. The zero-order chi connectivity index (χ0) is 5.98. The minimum absolute atomic E-state index is 0.627.